The third-order valence-corrected chi connectivity index (χ3v) is 10.7. The standard InChI is InChI=1S/C34H50F4O3/c1-2-3-4-5-23-21-39-33(40-22-23)27-8-6-24(7-9-27)25-10-15-29(16-11-25)34(37,38)41-30-17-12-26(13-18-30)28-14-19-31(35)32(36)20-28/h14,19-20,23-27,29-30,33H,2-13,15-18,21-22H2,1H3. The van der Waals surface area contributed by atoms with Crippen molar-refractivity contribution >= 4 is 0 Å². The van der Waals surface area contributed by atoms with Gasteiger partial charge in [-0.05, 0) is 119 Å². The normalized spacial score (nSPS) is 35.3. The van der Waals surface area contributed by atoms with Gasteiger partial charge in [-0.2, -0.15) is 8.78 Å². The van der Waals surface area contributed by atoms with Crippen LogP contribution in [0, 0.1) is 41.2 Å². The number of halogens is 4. The van der Waals surface area contributed by atoms with E-state index in [1.165, 1.54) is 31.7 Å². The van der Waals surface area contributed by atoms with Crippen molar-refractivity contribution < 1.29 is 31.8 Å². The predicted molar refractivity (Wildman–Crippen MR) is 152 cm³/mol. The number of benzene rings is 1. The van der Waals surface area contributed by atoms with Gasteiger partial charge in [0, 0.05) is 11.8 Å². The van der Waals surface area contributed by atoms with E-state index in [0.717, 1.165) is 63.4 Å². The molecule has 7 heteroatoms. The van der Waals surface area contributed by atoms with Crippen LogP contribution in [-0.2, 0) is 14.2 Å². The molecule has 3 nitrogen and oxygen atoms in total. The zero-order valence-corrected chi connectivity index (χ0v) is 24.8. The first-order valence-corrected chi connectivity index (χ1v) is 16.6. The maximum Gasteiger partial charge on any atom is 0.358 e. The Hall–Kier alpha value is -1.18. The van der Waals surface area contributed by atoms with E-state index >= 15 is 8.78 Å². The Morgan fingerprint density at radius 2 is 1.37 bits per heavy atom. The molecule has 0 radical (unpaired) electrons. The average molecular weight is 583 g/mol. The molecule has 3 aliphatic carbocycles. The molecule has 5 rings (SSSR count). The fourth-order valence-electron chi connectivity index (χ4n) is 8.09. The lowest BCUT2D eigenvalue weighted by Crippen LogP contribution is -2.41. The van der Waals surface area contributed by atoms with Crippen molar-refractivity contribution in [1.29, 1.82) is 0 Å². The molecular formula is C34H50F4O3. The van der Waals surface area contributed by atoms with Crippen LogP contribution in [0.15, 0.2) is 18.2 Å². The van der Waals surface area contributed by atoms with Gasteiger partial charge in [0.1, 0.15) is 0 Å². The Labute approximate surface area is 244 Å². The molecule has 0 bridgehead atoms. The maximum atomic E-state index is 15.2. The number of rotatable bonds is 10. The van der Waals surface area contributed by atoms with Crippen LogP contribution in [-0.4, -0.2) is 31.7 Å². The average Bonchev–Trinajstić information content (AvgIpc) is 2.99. The molecule has 0 amide bonds. The molecule has 0 aromatic heterocycles. The largest absolute Gasteiger partial charge is 0.358 e. The minimum atomic E-state index is -3.10. The summed E-state index contributed by atoms with van der Waals surface area (Å²) in [4.78, 5) is 0. The molecule has 0 unspecified atom stereocenters. The number of hydrogen-bond donors (Lipinski definition) is 0. The first-order valence-electron chi connectivity index (χ1n) is 16.6. The summed E-state index contributed by atoms with van der Waals surface area (Å²) in [6, 6.07) is 3.99. The lowest BCUT2D eigenvalue weighted by Gasteiger charge is -2.42. The second-order valence-electron chi connectivity index (χ2n) is 13.5. The van der Waals surface area contributed by atoms with Crippen LogP contribution in [0.25, 0.3) is 0 Å². The third-order valence-electron chi connectivity index (χ3n) is 10.7. The van der Waals surface area contributed by atoms with E-state index in [0.29, 0.717) is 62.2 Å². The summed E-state index contributed by atoms with van der Waals surface area (Å²) < 4.78 is 75.0. The van der Waals surface area contributed by atoms with E-state index in [2.05, 4.69) is 6.92 Å². The maximum absolute atomic E-state index is 15.2. The summed E-state index contributed by atoms with van der Waals surface area (Å²) >= 11 is 0. The minimum absolute atomic E-state index is 0.0584. The Kier molecular flexibility index (Phi) is 11.1. The molecule has 1 aromatic carbocycles. The second kappa shape index (κ2) is 14.5. The molecule has 232 valence electrons. The van der Waals surface area contributed by atoms with Crippen molar-refractivity contribution in [3.63, 3.8) is 0 Å². The van der Waals surface area contributed by atoms with Crippen molar-refractivity contribution in [3.05, 3.63) is 35.4 Å². The highest BCUT2D eigenvalue weighted by Gasteiger charge is 2.46. The Morgan fingerprint density at radius 3 is 1.98 bits per heavy atom. The highest BCUT2D eigenvalue weighted by Crippen LogP contribution is 2.47. The first-order chi connectivity index (χ1) is 19.8. The molecule has 4 aliphatic rings. The monoisotopic (exact) mass is 582 g/mol. The number of hydrogen-bond acceptors (Lipinski definition) is 3. The van der Waals surface area contributed by atoms with Gasteiger partial charge in [0.2, 0.25) is 0 Å². The van der Waals surface area contributed by atoms with Crippen LogP contribution in [0.3, 0.4) is 0 Å². The van der Waals surface area contributed by atoms with E-state index in [9.17, 15) is 8.78 Å². The van der Waals surface area contributed by atoms with Gasteiger partial charge in [-0.1, -0.05) is 32.3 Å². The molecule has 0 N–H and O–H groups in total. The Balaban J connectivity index is 0.993. The van der Waals surface area contributed by atoms with Crippen LogP contribution in [0.2, 0.25) is 0 Å². The van der Waals surface area contributed by atoms with Crippen LogP contribution in [0.5, 0.6) is 0 Å². The molecule has 0 atom stereocenters. The van der Waals surface area contributed by atoms with Crippen LogP contribution in [0.4, 0.5) is 17.6 Å². The second-order valence-corrected chi connectivity index (χ2v) is 13.5. The van der Waals surface area contributed by atoms with Gasteiger partial charge in [0.05, 0.1) is 25.2 Å². The molecule has 1 aromatic rings. The molecule has 1 saturated heterocycles. The van der Waals surface area contributed by atoms with Crippen molar-refractivity contribution in [2.45, 2.75) is 134 Å². The van der Waals surface area contributed by atoms with Gasteiger partial charge < -0.3 is 14.2 Å². The van der Waals surface area contributed by atoms with Gasteiger partial charge in [-0.25, -0.2) is 8.78 Å². The molecular weight excluding hydrogens is 532 g/mol. The van der Waals surface area contributed by atoms with Gasteiger partial charge in [-0.15, -0.1) is 0 Å². The van der Waals surface area contributed by atoms with Gasteiger partial charge >= 0.3 is 6.11 Å². The van der Waals surface area contributed by atoms with Crippen molar-refractivity contribution in [2.75, 3.05) is 13.2 Å². The lowest BCUT2D eigenvalue weighted by molar-refractivity contribution is -0.301. The SMILES string of the molecule is CCCCCC1COC(C2CCC(C3CCC(C(F)(F)OC4CCC(c5ccc(F)c(F)c5)CC4)CC3)CC2)OC1. The van der Waals surface area contributed by atoms with E-state index in [1.807, 2.05) is 0 Å². The molecule has 3 saturated carbocycles. The summed E-state index contributed by atoms with van der Waals surface area (Å²) in [6.07, 6.45) is 11.0. The van der Waals surface area contributed by atoms with Crippen LogP contribution < -0.4 is 0 Å². The van der Waals surface area contributed by atoms with Crippen molar-refractivity contribution in [1.82, 2.24) is 0 Å². The van der Waals surface area contributed by atoms with Crippen molar-refractivity contribution in [3.8, 4) is 0 Å². The summed E-state index contributed by atoms with van der Waals surface area (Å²) in [5, 5.41) is 0. The molecule has 0 spiro atoms. The van der Waals surface area contributed by atoms with Crippen LogP contribution in [0.1, 0.15) is 121 Å². The first kappa shape index (κ1) is 31.3. The topological polar surface area (TPSA) is 27.7 Å². The molecule has 1 heterocycles. The summed E-state index contributed by atoms with van der Waals surface area (Å²) in [5.41, 5.74) is 0.742. The summed E-state index contributed by atoms with van der Waals surface area (Å²) in [5.74, 6) is -0.203. The lowest BCUT2D eigenvalue weighted by atomic mass is 9.69. The van der Waals surface area contributed by atoms with E-state index in [4.69, 9.17) is 14.2 Å². The molecule has 1 aliphatic heterocycles. The van der Waals surface area contributed by atoms with Gasteiger partial charge in [0.15, 0.2) is 17.9 Å². The number of alkyl halides is 2. The zero-order chi connectivity index (χ0) is 28.8. The quantitative estimate of drug-likeness (QED) is 0.203. The molecule has 41 heavy (non-hydrogen) atoms. The fraction of sp³-hybridized carbons (Fsp3) is 0.824. The van der Waals surface area contributed by atoms with E-state index in [1.54, 1.807) is 6.07 Å². The number of ether oxygens (including phenoxy) is 3. The summed E-state index contributed by atoms with van der Waals surface area (Å²) in [7, 11) is 0. The van der Waals surface area contributed by atoms with Crippen molar-refractivity contribution in [2.24, 2.45) is 29.6 Å². The van der Waals surface area contributed by atoms with E-state index in [-0.39, 0.29) is 12.2 Å². The van der Waals surface area contributed by atoms with Gasteiger partial charge in [0.25, 0.3) is 0 Å². The fourth-order valence-corrected chi connectivity index (χ4v) is 8.09. The smallest absolute Gasteiger partial charge is 0.352 e. The Morgan fingerprint density at radius 1 is 0.756 bits per heavy atom. The zero-order valence-electron chi connectivity index (χ0n) is 24.8. The number of unbranched alkanes of at least 4 members (excludes halogenated alkanes) is 2. The summed E-state index contributed by atoms with van der Waals surface area (Å²) in [6.45, 7) is 3.88. The Bertz CT molecular complexity index is 926. The molecule has 4 fully saturated rings. The van der Waals surface area contributed by atoms with Crippen LogP contribution >= 0.6 is 0 Å². The van der Waals surface area contributed by atoms with Gasteiger partial charge in [-0.3, -0.25) is 0 Å². The third kappa shape index (κ3) is 8.26. The minimum Gasteiger partial charge on any atom is -0.352 e. The highest BCUT2D eigenvalue weighted by atomic mass is 19.3. The van der Waals surface area contributed by atoms with E-state index < -0.39 is 29.8 Å². The highest BCUT2D eigenvalue weighted by molar-refractivity contribution is 5.22. The predicted octanol–water partition coefficient (Wildman–Crippen LogP) is 9.78.